The van der Waals surface area contributed by atoms with Gasteiger partial charge in [0.1, 0.15) is 0 Å². The normalized spacial score (nSPS) is 10.9. The van der Waals surface area contributed by atoms with Gasteiger partial charge in [0.15, 0.2) is 5.78 Å². The molecule has 0 fully saturated rings. The highest BCUT2D eigenvalue weighted by Crippen LogP contribution is 2.28. The summed E-state index contributed by atoms with van der Waals surface area (Å²) in [6.45, 7) is 2.00. The zero-order valence-corrected chi connectivity index (χ0v) is 13.0. The molecule has 0 aliphatic carbocycles. The number of aromatic nitrogens is 1. The van der Waals surface area contributed by atoms with E-state index in [1.165, 1.54) is 0 Å². The standard InChI is InChI=1S/C16H11BrClNO/c1-9-3-2-4-14-15(9)12(8-19-14)16(20)11-7-10(18)5-6-13(11)17/h2-8,19H,1H3. The lowest BCUT2D eigenvalue weighted by Gasteiger charge is -2.05. The fraction of sp³-hybridized carbons (Fsp3) is 0.0625. The average Bonchev–Trinajstić information content (AvgIpc) is 2.86. The minimum absolute atomic E-state index is 0.0417. The van der Waals surface area contributed by atoms with Crippen LogP contribution < -0.4 is 0 Å². The molecular weight excluding hydrogens is 338 g/mol. The average molecular weight is 349 g/mol. The van der Waals surface area contributed by atoms with Crippen molar-refractivity contribution in [2.75, 3.05) is 0 Å². The van der Waals surface area contributed by atoms with Gasteiger partial charge < -0.3 is 4.98 Å². The number of rotatable bonds is 2. The molecule has 1 N–H and O–H groups in total. The van der Waals surface area contributed by atoms with Crippen LogP contribution in [0.25, 0.3) is 10.9 Å². The summed E-state index contributed by atoms with van der Waals surface area (Å²) in [5.74, 6) is -0.0417. The van der Waals surface area contributed by atoms with Crippen LogP contribution in [-0.4, -0.2) is 10.8 Å². The Morgan fingerprint density at radius 2 is 2.00 bits per heavy atom. The number of aromatic amines is 1. The summed E-state index contributed by atoms with van der Waals surface area (Å²) in [5, 5.41) is 1.51. The van der Waals surface area contributed by atoms with Gasteiger partial charge in [-0.3, -0.25) is 4.79 Å². The molecule has 0 aliphatic rings. The molecule has 0 atom stereocenters. The van der Waals surface area contributed by atoms with Gasteiger partial charge >= 0.3 is 0 Å². The Morgan fingerprint density at radius 1 is 1.20 bits per heavy atom. The fourth-order valence-electron chi connectivity index (χ4n) is 2.36. The van der Waals surface area contributed by atoms with E-state index in [9.17, 15) is 4.79 Å². The van der Waals surface area contributed by atoms with Crippen molar-refractivity contribution in [1.29, 1.82) is 0 Å². The summed E-state index contributed by atoms with van der Waals surface area (Å²) in [7, 11) is 0. The summed E-state index contributed by atoms with van der Waals surface area (Å²) in [5.41, 5.74) is 3.28. The molecule has 0 aliphatic heterocycles. The highest BCUT2D eigenvalue weighted by Gasteiger charge is 2.18. The molecule has 0 unspecified atom stereocenters. The third-order valence-corrected chi connectivity index (χ3v) is 4.26. The molecule has 2 nitrogen and oxygen atoms in total. The van der Waals surface area contributed by atoms with Crippen molar-refractivity contribution in [2.45, 2.75) is 6.92 Å². The van der Waals surface area contributed by atoms with Crippen LogP contribution in [-0.2, 0) is 0 Å². The van der Waals surface area contributed by atoms with E-state index in [2.05, 4.69) is 20.9 Å². The predicted molar refractivity (Wildman–Crippen MR) is 85.6 cm³/mol. The minimum atomic E-state index is -0.0417. The third kappa shape index (κ3) is 2.17. The SMILES string of the molecule is Cc1cccc2[nH]cc(C(=O)c3cc(Cl)ccc3Br)c12. The summed E-state index contributed by atoms with van der Waals surface area (Å²) < 4.78 is 0.745. The number of fused-ring (bicyclic) bond motifs is 1. The first kappa shape index (κ1) is 13.4. The summed E-state index contributed by atoms with van der Waals surface area (Å²) in [4.78, 5) is 15.9. The van der Waals surface area contributed by atoms with Gasteiger partial charge in [-0.1, -0.05) is 39.7 Å². The third-order valence-electron chi connectivity index (χ3n) is 3.33. The minimum Gasteiger partial charge on any atom is -0.360 e. The number of nitrogens with one attached hydrogen (secondary N) is 1. The second-order valence-corrected chi connectivity index (χ2v) is 5.94. The van der Waals surface area contributed by atoms with Crippen molar-refractivity contribution in [3.05, 3.63) is 68.8 Å². The molecular formula is C16H11BrClNO. The van der Waals surface area contributed by atoms with Crippen molar-refractivity contribution in [3.8, 4) is 0 Å². The maximum Gasteiger partial charge on any atom is 0.196 e. The first-order valence-corrected chi connectivity index (χ1v) is 7.31. The smallest absolute Gasteiger partial charge is 0.196 e. The van der Waals surface area contributed by atoms with E-state index in [1.54, 1.807) is 24.4 Å². The molecule has 1 aromatic heterocycles. The number of halogens is 2. The highest BCUT2D eigenvalue weighted by molar-refractivity contribution is 9.10. The number of hydrogen-bond acceptors (Lipinski definition) is 1. The lowest BCUT2D eigenvalue weighted by Crippen LogP contribution is -2.02. The van der Waals surface area contributed by atoms with Crippen LogP contribution in [0.3, 0.4) is 0 Å². The first-order valence-electron chi connectivity index (χ1n) is 6.14. The topological polar surface area (TPSA) is 32.9 Å². The zero-order valence-electron chi connectivity index (χ0n) is 10.7. The molecule has 0 saturated carbocycles. The van der Waals surface area contributed by atoms with Crippen LogP contribution >= 0.6 is 27.5 Å². The Morgan fingerprint density at radius 3 is 2.80 bits per heavy atom. The summed E-state index contributed by atoms with van der Waals surface area (Å²) >= 11 is 9.40. The predicted octanol–water partition coefficient (Wildman–Crippen LogP) is 5.12. The van der Waals surface area contributed by atoms with Crippen molar-refractivity contribution in [2.24, 2.45) is 0 Å². The van der Waals surface area contributed by atoms with Crippen LogP contribution in [0, 0.1) is 6.92 Å². The van der Waals surface area contributed by atoms with Gasteiger partial charge in [0.25, 0.3) is 0 Å². The number of benzene rings is 2. The maximum atomic E-state index is 12.7. The van der Waals surface area contributed by atoms with E-state index >= 15 is 0 Å². The molecule has 0 spiro atoms. The van der Waals surface area contributed by atoms with E-state index in [-0.39, 0.29) is 5.78 Å². The summed E-state index contributed by atoms with van der Waals surface area (Å²) in [6.07, 6.45) is 1.76. The molecule has 2 aromatic carbocycles. The van der Waals surface area contributed by atoms with Gasteiger partial charge in [-0.05, 0) is 36.8 Å². The van der Waals surface area contributed by atoms with Gasteiger partial charge in [-0.15, -0.1) is 0 Å². The van der Waals surface area contributed by atoms with E-state index < -0.39 is 0 Å². The number of aryl methyl sites for hydroxylation is 1. The van der Waals surface area contributed by atoms with Gasteiger partial charge in [0.05, 0.1) is 0 Å². The van der Waals surface area contributed by atoms with E-state index in [1.807, 2.05) is 25.1 Å². The Balaban J connectivity index is 2.21. The monoisotopic (exact) mass is 347 g/mol. The number of H-pyrrole nitrogens is 1. The zero-order chi connectivity index (χ0) is 14.3. The highest BCUT2D eigenvalue weighted by atomic mass is 79.9. The molecule has 4 heteroatoms. The van der Waals surface area contributed by atoms with Crippen molar-refractivity contribution < 1.29 is 4.79 Å². The lowest BCUT2D eigenvalue weighted by molar-refractivity contribution is 0.103. The second kappa shape index (κ2) is 5.08. The molecule has 0 radical (unpaired) electrons. The molecule has 100 valence electrons. The van der Waals surface area contributed by atoms with Gasteiger partial charge in [0, 0.05) is 37.7 Å². The van der Waals surface area contributed by atoms with Crippen molar-refractivity contribution in [1.82, 2.24) is 4.98 Å². The second-order valence-electron chi connectivity index (χ2n) is 4.65. The Kier molecular flexibility index (Phi) is 3.40. The number of carbonyl (C=O) groups is 1. The van der Waals surface area contributed by atoms with E-state index in [4.69, 9.17) is 11.6 Å². The molecule has 20 heavy (non-hydrogen) atoms. The Labute approximate surface area is 129 Å². The number of hydrogen-bond donors (Lipinski definition) is 1. The van der Waals surface area contributed by atoms with Gasteiger partial charge in [-0.25, -0.2) is 0 Å². The quantitative estimate of drug-likeness (QED) is 0.640. The number of carbonyl (C=O) groups excluding carboxylic acids is 1. The van der Waals surface area contributed by atoms with Crippen molar-refractivity contribution >= 4 is 44.2 Å². The van der Waals surface area contributed by atoms with Crippen LogP contribution in [0.5, 0.6) is 0 Å². The molecule has 3 rings (SSSR count). The first-order chi connectivity index (χ1) is 9.58. The lowest BCUT2D eigenvalue weighted by atomic mass is 10.00. The molecule has 1 heterocycles. The number of ketones is 1. The van der Waals surface area contributed by atoms with E-state index in [0.717, 1.165) is 20.9 Å². The van der Waals surface area contributed by atoms with Crippen LogP contribution in [0.15, 0.2) is 47.1 Å². The molecule has 0 bridgehead atoms. The Bertz CT molecular complexity index is 822. The van der Waals surface area contributed by atoms with Gasteiger partial charge in [0.2, 0.25) is 0 Å². The largest absolute Gasteiger partial charge is 0.360 e. The Hall–Kier alpha value is -1.58. The van der Waals surface area contributed by atoms with Crippen molar-refractivity contribution in [3.63, 3.8) is 0 Å². The summed E-state index contributed by atoms with van der Waals surface area (Å²) in [6, 6.07) is 11.2. The van der Waals surface area contributed by atoms with Crippen LogP contribution in [0.2, 0.25) is 5.02 Å². The van der Waals surface area contributed by atoms with Gasteiger partial charge in [-0.2, -0.15) is 0 Å². The van der Waals surface area contributed by atoms with Crippen LogP contribution in [0.4, 0.5) is 0 Å². The van der Waals surface area contributed by atoms with E-state index in [0.29, 0.717) is 16.1 Å². The fourth-order valence-corrected chi connectivity index (χ4v) is 2.96. The molecule has 0 amide bonds. The van der Waals surface area contributed by atoms with Crippen LogP contribution in [0.1, 0.15) is 21.5 Å². The molecule has 3 aromatic rings. The molecule has 0 saturated heterocycles. The maximum absolute atomic E-state index is 12.7.